The van der Waals surface area contributed by atoms with Crippen LogP contribution in [0.3, 0.4) is 0 Å². The van der Waals surface area contributed by atoms with E-state index in [1.54, 1.807) is 0 Å². The van der Waals surface area contributed by atoms with Gasteiger partial charge in [0.2, 0.25) is 0 Å². The Kier molecular flexibility index (Phi) is 6.55. The minimum absolute atomic E-state index is 0.101. The Morgan fingerprint density at radius 1 is 1.13 bits per heavy atom. The van der Waals surface area contributed by atoms with Crippen LogP contribution in [0.1, 0.15) is 18.4 Å². The molecule has 1 N–H and O–H groups in total. The van der Waals surface area contributed by atoms with Crippen molar-refractivity contribution in [2.75, 3.05) is 25.1 Å². The molecule has 0 aromatic heterocycles. The van der Waals surface area contributed by atoms with Crippen LogP contribution < -0.4 is 14.8 Å². The van der Waals surface area contributed by atoms with Gasteiger partial charge in [-0.1, -0.05) is 36.4 Å². The van der Waals surface area contributed by atoms with E-state index in [9.17, 15) is 4.79 Å². The quantitative estimate of drug-likeness (QED) is 0.497. The highest BCUT2D eigenvalue weighted by molar-refractivity contribution is 9.10. The topological polar surface area (TPSA) is 56.8 Å². The van der Waals surface area contributed by atoms with Gasteiger partial charge in [-0.25, -0.2) is 0 Å². The Morgan fingerprint density at radius 2 is 2.00 bits per heavy atom. The van der Waals surface area contributed by atoms with E-state index in [1.807, 2.05) is 61.5 Å². The predicted molar refractivity (Wildman–Crippen MR) is 121 cm³/mol. The number of carbonyl (C=O) groups excluding carboxylic acids is 1. The number of fused-ring (bicyclic) bond motifs is 1. The van der Waals surface area contributed by atoms with Gasteiger partial charge >= 0.3 is 0 Å². The second-order valence-electron chi connectivity index (χ2n) is 7.38. The zero-order chi connectivity index (χ0) is 20.9. The molecule has 30 heavy (non-hydrogen) atoms. The number of amides is 1. The molecule has 1 heterocycles. The zero-order valence-corrected chi connectivity index (χ0v) is 18.4. The molecule has 0 aliphatic carbocycles. The molecule has 1 amide bonds. The normalized spacial score (nSPS) is 15.9. The Bertz CT molecular complexity index is 1050. The van der Waals surface area contributed by atoms with E-state index < -0.39 is 0 Å². The lowest BCUT2D eigenvalue weighted by Gasteiger charge is -2.16. The molecule has 0 spiro atoms. The number of carbonyl (C=O) groups is 1. The lowest BCUT2D eigenvalue weighted by Crippen LogP contribution is -2.22. The van der Waals surface area contributed by atoms with Gasteiger partial charge in [0.25, 0.3) is 5.91 Å². The fraction of sp³-hybridized carbons (Fsp3) is 0.292. The average molecular weight is 470 g/mol. The molecule has 0 bridgehead atoms. The summed E-state index contributed by atoms with van der Waals surface area (Å²) in [5, 5.41) is 5.04. The van der Waals surface area contributed by atoms with Crippen LogP contribution in [0, 0.1) is 6.92 Å². The van der Waals surface area contributed by atoms with Crippen LogP contribution >= 0.6 is 15.9 Å². The first-order valence-electron chi connectivity index (χ1n) is 10.0. The van der Waals surface area contributed by atoms with Crippen LogP contribution in [0.2, 0.25) is 0 Å². The van der Waals surface area contributed by atoms with E-state index in [4.69, 9.17) is 14.2 Å². The third-order valence-electron chi connectivity index (χ3n) is 5.05. The molecule has 1 aliphatic heterocycles. The van der Waals surface area contributed by atoms with Gasteiger partial charge in [-0.15, -0.1) is 0 Å². The average Bonchev–Trinajstić information content (AvgIpc) is 3.27. The summed E-state index contributed by atoms with van der Waals surface area (Å²) in [5.74, 6) is 1.02. The maximum Gasteiger partial charge on any atom is 0.262 e. The molecule has 4 rings (SSSR count). The van der Waals surface area contributed by atoms with Crippen molar-refractivity contribution in [1.29, 1.82) is 0 Å². The standard InChI is InChI=1S/C24H24BrNO4/c1-16-8-10-20(22(13-16)29-14-18-6-4-12-28-18)26-23(27)15-30-21-11-9-17-5-2-3-7-19(17)24(21)25/h2-3,5,7-11,13,18H,4,6,12,14-15H2,1H3,(H,26,27). The molecule has 6 heteroatoms. The van der Waals surface area contributed by atoms with Crippen molar-refractivity contribution in [3.63, 3.8) is 0 Å². The van der Waals surface area contributed by atoms with E-state index in [1.165, 1.54) is 0 Å². The number of benzene rings is 3. The van der Waals surface area contributed by atoms with Crippen molar-refractivity contribution in [2.45, 2.75) is 25.9 Å². The molecule has 3 aromatic rings. The summed E-state index contributed by atoms with van der Waals surface area (Å²) in [4.78, 5) is 12.5. The first-order valence-corrected chi connectivity index (χ1v) is 10.8. The lowest BCUT2D eigenvalue weighted by molar-refractivity contribution is -0.118. The van der Waals surface area contributed by atoms with Crippen LogP contribution in [0.25, 0.3) is 10.8 Å². The van der Waals surface area contributed by atoms with Gasteiger partial charge in [-0.05, 0) is 70.2 Å². The molecule has 156 valence electrons. The fourth-order valence-corrected chi connectivity index (χ4v) is 4.07. The van der Waals surface area contributed by atoms with Gasteiger partial charge in [-0.2, -0.15) is 0 Å². The number of nitrogens with one attached hydrogen (secondary N) is 1. The van der Waals surface area contributed by atoms with Gasteiger partial charge in [0.1, 0.15) is 18.1 Å². The van der Waals surface area contributed by atoms with E-state index in [0.29, 0.717) is 23.8 Å². The third kappa shape index (κ3) is 4.94. The van der Waals surface area contributed by atoms with Crippen molar-refractivity contribution in [3.05, 3.63) is 64.6 Å². The number of halogens is 1. The molecular weight excluding hydrogens is 446 g/mol. The van der Waals surface area contributed by atoms with Crippen molar-refractivity contribution >= 4 is 38.3 Å². The molecular formula is C24H24BrNO4. The van der Waals surface area contributed by atoms with Crippen LogP contribution in [-0.4, -0.2) is 31.8 Å². The molecule has 1 unspecified atom stereocenters. The van der Waals surface area contributed by atoms with Crippen molar-refractivity contribution in [2.24, 2.45) is 0 Å². The molecule has 0 radical (unpaired) electrons. The lowest BCUT2D eigenvalue weighted by atomic mass is 10.1. The summed E-state index contributed by atoms with van der Waals surface area (Å²) in [6, 6.07) is 17.6. The highest BCUT2D eigenvalue weighted by Crippen LogP contribution is 2.33. The molecule has 0 saturated carbocycles. The van der Waals surface area contributed by atoms with E-state index >= 15 is 0 Å². The van der Waals surface area contributed by atoms with E-state index in [2.05, 4.69) is 21.2 Å². The summed E-state index contributed by atoms with van der Waals surface area (Å²) in [6.45, 7) is 3.15. The molecule has 1 atom stereocenters. The highest BCUT2D eigenvalue weighted by atomic mass is 79.9. The summed E-state index contributed by atoms with van der Waals surface area (Å²) < 4.78 is 18.2. The second-order valence-corrected chi connectivity index (χ2v) is 8.17. The Balaban J connectivity index is 1.39. The molecule has 1 fully saturated rings. The van der Waals surface area contributed by atoms with Crippen molar-refractivity contribution in [1.82, 2.24) is 0 Å². The number of aryl methyl sites for hydroxylation is 1. The van der Waals surface area contributed by atoms with Gasteiger partial charge in [0, 0.05) is 6.61 Å². The van der Waals surface area contributed by atoms with Gasteiger partial charge in [-0.3, -0.25) is 4.79 Å². The molecule has 1 saturated heterocycles. The third-order valence-corrected chi connectivity index (χ3v) is 5.86. The Labute approximate surface area is 184 Å². The highest BCUT2D eigenvalue weighted by Gasteiger charge is 2.17. The number of anilines is 1. The van der Waals surface area contributed by atoms with Crippen LogP contribution in [0.4, 0.5) is 5.69 Å². The summed E-state index contributed by atoms with van der Waals surface area (Å²) >= 11 is 3.58. The molecule has 1 aliphatic rings. The van der Waals surface area contributed by atoms with Crippen LogP contribution in [0.5, 0.6) is 11.5 Å². The number of hydrogen-bond donors (Lipinski definition) is 1. The Hall–Kier alpha value is -2.57. The second kappa shape index (κ2) is 9.49. The smallest absolute Gasteiger partial charge is 0.262 e. The van der Waals surface area contributed by atoms with Crippen molar-refractivity contribution < 1.29 is 19.0 Å². The maximum atomic E-state index is 12.5. The maximum absolute atomic E-state index is 12.5. The van der Waals surface area contributed by atoms with E-state index in [-0.39, 0.29) is 18.6 Å². The first kappa shape index (κ1) is 20.7. The fourth-order valence-electron chi connectivity index (χ4n) is 3.47. The summed E-state index contributed by atoms with van der Waals surface area (Å²) in [5.41, 5.74) is 1.69. The first-order chi connectivity index (χ1) is 14.6. The van der Waals surface area contributed by atoms with Gasteiger partial charge in [0.15, 0.2) is 6.61 Å². The summed E-state index contributed by atoms with van der Waals surface area (Å²) in [6.07, 6.45) is 2.18. The number of hydrogen-bond acceptors (Lipinski definition) is 4. The number of rotatable bonds is 7. The monoisotopic (exact) mass is 469 g/mol. The van der Waals surface area contributed by atoms with Crippen molar-refractivity contribution in [3.8, 4) is 11.5 Å². The van der Waals surface area contributed by atoms with Gasteiger partial charge in [0.05, 0.1) is 16.3 Å². The molecule has 5 nitrogen and oxygen atoms in total. The zero-order valence-electron chi connectivity index (χ0n) is 16.8. The van der Waals surface area contributed by atoms with Gasteiger partial charge < -0.3 is 19.5 Å². The minimum atomic E-state index is -0.249. The van der Waals surface area contributed by atoms with E-state index in [0.717, 1.165) is 40.3 Å². The minimum Gasteiger partial charge on any atom is -0.489 e. The largest absolute Gasteiger partial charge is 0.489 e. The molecule has 3 aromatic carbocycles. The van der Waals surface area contributed by atoms with Crippen LogP contribution in [0.15, 0.2) is 59.1 Å². The summed E-state index contributed by atoms with van der Waals surface area (Å²) in [7, 11) is 0. The number of ether oxygens (including phenoxy) is 3. The SMILES string of the molecule is Cc1ccc(NC(=O)COc2ccc3ccccc3c2Br)c(OCC2CCCO2)c1. The predicted octanol–water partition coefficient (Wildman–Crippen LogP) is 5.49. The van der Waals surface area contributed by atoms with Crippen LogP contribution in [-0.2, 0) is 9.53 Å². The Morgan fingerprint density at radius 3 is 2.83 bits per heavy atom.